The van der Waals surface area contributed by atoms with Gasteiger partial charge >= 0.3 is 0 Å². The van der Waals surface area contributed by atoms with Crippen LogP contribution in [-0.2, 0) is 4.79 Å². The van der Waals surface area contributed by atoms with Crippen LogP contribution in [-0.4, -0.2) is 18.9 Å². The van der Waals surface area contributed by atoms with Gasteiger partial charge in [0.25, 0.3) is 0 Å². The minimum atomic E-state index is -0.268. The lowest BCUT2D eigenvalue weighted by Crippen LogP contribution is -2.13. The van der Waals surface area contributed by atoms with Crippen LogP contribution in [0.25, 0.3) is 0 Å². The largest absolute Gasteiger partial charge is 0.497 e. The Balaban J connectivity index is 2.28. The quantitative estimate of drug-likeness (QED) is 0.827. The van der Waals surface area contributed by atoms with Gasteiger partial charge in [0.05, 0.1) is 18.5 Å². The Kier molecular flexibility index (Phi) is 4.85. The zero-order valence-electron chi connectivity index (χ0n) is 11.0. The SMILES string of the molecule is COc1ccc(Nc2ccccc2)c(NC(=O)CCl)c1. The number of ether oxygens (including phenoxy) is 1. The molecule has 0 saturated carbocycles. The fourth-order valence-electron chi connectivity index (χ4n) is 1.72. The summed E-state index contributed by atoms with van der Waals surface area (Å²) in [7, 11) is 1.58. The highest BCUT2D eigenvalue weighted by Gasteiger charge is 2.08. The summed E-state index contributed by atoms with van der Waals surface area (Å²) in [6.07, 6.45) is 0. The van der Waals surface area contributed by atoms with Crippen molar-refractivity contribution in [1.29, 1.82) is 0 Å². The molecule has 2 N–H and O–H groups in total. The van der Waals surface area contributed by atoms with Crippen molar-refractivity contribution in [2.45, 2.75) is 0 Å². The number of carbonyl (C=O) groups is 1. The van der Waals surface area contributed by atoms with E-state index in [0.29, 0.717) is 11.4 Å². The van der Waals surface area contributed by atoms with Crippen LogP contribution in [0.3, 0.4) is 0 Å². The van der Waals surface area contributed by atoms with E-state index in [2.05, 4.69) is 10.6 Å². The van der Waals surface area contributed by atoms with Crippen LogP contribution in [0.5, 0.6) is 5.75 Å². The second kappa shape index (κ2) is 6.82. The number of carbonyl (C=O) groups excluding carboxylic acids is 1. The van der Waals surface area contributed by atoms with Crippen molar-refractivity contribution in [3.8, 4) is 5.75 Å². The summed E-state index contributed by atoms with van der Waals surface area (Å²) in [5.41, 5.74) is 2.33. The third-order valence-electron chi connectivity index (χ3n) is 2.67. The average Bonchev–Trinajstić information content (AvgIpc) is 2.50. The van der Waals surface area contributed by atoms with Crippen molar-refractivity contribution in [1.82, 2.24) is 0 Å². The summed E-state index contributed by atoms with van der Waals surface area (Å²) in [4.78, 5) is 11.5. The predicted molar refractivity (Wildman–Crippen MR) is 82.1 cm³/mol. The summed E-state index contributed by atoms with van der Waals surface area (Å²) in [5.74, 6) is 0.298. The predicted octanol–water partition coefficient (Wildman–Crippen LogP) is 3.62. The first-order valence-electron chi connectivity index (χ1n) is 6.09. The Bertz CT molecular complexity index is 588. The van der Waals surface area contributed by atoms with Crippen LogP contribution < -0.4 is 15.4 Å². The number of halogens is 1. The molecule has 20 heavy (non-hydrogen) atoms. The number of anilines is 3. The molecule has 5 heteroatoms. The first-order chi connectivity index (χ1) is 9.72. The van der Waals surface area contributed by atoms with Crippen LogP contribution in [0.4, 0.5) is 17.1 Å². The number of hydrogen-bond acceptors (Lipinski definition) is 3. The van der Waals surface area contributed by atoms with Crippen molar-refractivity contribution >= 4 is 34.6 Å². The van der Waals surface area contributed by atoms with E-state index in [9.17, 15) is 4.79 Å². The van der Waals surface area contributed by atoms with Gasteiger partial charge in [0, 0.05) is 11.8 Å². The molecule has 0 aliphatic rings. The van der Waals surface area contributed by atoms with Crippen molar-refractivity contribution in [2.75, 3.05) is 23.6 Å². The number of alkyl halides is 1. The lowest BCUT2D eigenvalue weighted by molar-refractivity contribution is -0.113. The van der Waals surface area contributed by atoms with Crippen LogP contribution in [0.15, 0.2) is 48.5 Å². The Morgan fingerprint density at radius 3 is 2.55 bits per heavy atom. The summed E-state index contributed by atoms with van der Waals surface area (Å²) in [5, 5.41) is 5.98. The summed E-state index contributed by atoms with van der Waals surface area (Å²) < 4.78 is 5.16. The van der Waals surface area contributed by atoms with Gasteiger partial charge < -0.3 is 15.4 Å². The Morgan fingerprint density at radius 2 is 1.90 bits per heavy atom. The standard InChI is InChI=1S/C15H15ClN2O2/c1-20-12-7-8-13(14(9-12)18-15(19)10-16)17-11-5-3-2-4-6-11/h2-9,17H,10H2,1H3,(H,18,19). The maximum absolute atomic E-state index is 11.5. The van der Waals surface area contributed by atoms with Crippen molar-refractivity contribution < 1.29 is 9.53 Å². The van der Waals surface area contributed by atoms with E-state index in [-0.39, 0.29) is 11.8 Å². The second-order valence-corrected chi connectivity index (χ2v) is 4.35. The first-order valence-corrected chi connectivity index (χ1v) is 6.62. The zero-order valence-corrected chi connectivity index (χ0v) is 11.8. The maximum Gasteiger partial charge on any atom is 0.239 e. The molecule has 2 rings (SSSR count). The van der Waals surface area contributed by atoms with Gasteiger partial charge in [-0.25, -0.2) is 0 Å². The lowest BCUT2D eigenvalue weighted by Gasteiger charge is -2.14. The Morgan fingerprint density at radius 1 is 1.15 bits per heavy atom. The highest BCUT2D eigenvalue weighted by atomic mass is 35.5. The highest BCUT2D eigenvalue weighted by molar-refractivity contribution is 6.29. The van der Waals surface area contributed by atoms with Crippen molar-refractivity contribution in [2.24, 2.45) is 0 Å². The smallest absolute Gasteiger partial charge is 0.239 e. The summed E-state index contributed by atoms with van der Waals surface area (Å²) in [6, 6.07) is 15.1. The van der Waals surface area contributed by atoms with Gasteiger partial charge in [-0.3, -0.25) is 4.79 Å². The Hall–Kier alpha value is -2.20. The summed E-state index contributed by atoms with van der Waals surface area (Å²) in [6.45, 7) is 0. The molecule has 0 fully saturated rings. The first kappa shape index (κ1) is 14.2. The zero-order chi connectivity index (χ0) is 14.4. The van der Waals surface area contributed by atoms with E-state index in [0.717, 1.165) is 11.4 Å². The number of methoxy groups -OCH3 is 1. The summed E-state index contributed by atoms with van der Waals surface area (Å²) >= 11 is 5.52. The van der Waals surface area contributed by atoms with Gasteiger partial charge in [0.2, 0.25) is 5.91 Å². The molecule has 0 radical (unpaired) electrons. The van der Waals surface area contributed by atoms with Crippen molar-refractivity contribution in [3.63, 3.8) is 0 Å². The molecule has 2 aromatic rings. The van der Waals surface area contributed by atoms with Crippen LogP contribution in [0.2, 0.25) is 0 Å². The van der Waals surface area contributed by atoms with Crippen LogP contribution >= 0.6 is 11.6 Å². The fourth-order valence-corrected chi connectivity index (χ4v) is 1.79. The third kappa shape index (κ3) is 3.65. The van der Waals surface area contributed by atoms with Gasteiger partial charge in [-0.1, -0.05) is 18.2 Å². The molecular weight excluding hydrogens is 276 g/mol. The molecule has 0 spiro atoms. The molecule has 0 atom stereocenters. The van der Waals surface area contributed by atoms with E-state index in [1.54, 1.807) is 13.2 Å². The third-order valence-corrected chi connectivity index (χ3v) is 2.92. The van der Waals surface area contributed by atoms with E-state index in [4.69, 9.17) is 16.3 Å². The van der Waals surface area contributed by atoms with E-state index < -0.39 is 0 Å². The molecule has 4 nitrogen and oxygen atoms in total. The van der Waals surface area contributed by atoms with Gasteiger partial charge in [0.1, 0.15) is 11.6 Å². The molecule has 0 aliphatic heterocycles. The number of nitrogens with one attached hydrogen (secondary N) is 2. The molecule has 1 amide bonds. The molecular formula is C15H15ClN2O2. The lowest BCUT2D eigenvalue weighted by atomic mass is 10.2. The topological polar surface area (TPSA) is 50.4 Å². The van der Waals surface area contributed by atoms with Crippen molar-refractivity contribution in [3.05, 3.63) is 48.5 Å². The minimum Gasteiger partial charge on any atom is -0.497 e. The fraction of sp³-hybridized carbons (Fsp3) is 0.133. The molecule has 0 aliphatic carbocycles. The van der Waals surface area contributed by atoms with Gasteiger partial charge in [-0.15, -0.1) is 11.6 Å². The molecule has 0 heterocycles. The van der Waals surface area contributed by atoms with Crippen LogP contribution in [0, 0.1) is 0 Å². The van der Waals surface area contributed by atoms with Gasteiger partial charge in [0.15, 0.2) is 0 Å². The Labute approximate surface area is 122 Å². The van der Waals surface area contributed by atoms with Gasteiger partial charge in [-0.2, -0.15) is 0 Å². The molecule has 0 bridgehead atoms. The molecule has 0 aromatic heterocycles. The molecule has 0 saturated heterocycles. The van der Waals surface area contributed by atoms with Crippen LogP contribution in [0.1, 0.15) is 0 Å². The molecule has 0 unspecified atom stereocenters. The number of amides is 1. The number of rotatable bonds is 5. The average molecular weight is 291 g/mol. The normalized spacial score (nSPS) is 9.90. The van der Waals surface area contributed by atoms with E-state index >= 15 is 0 Å². The van der Waals surface area contributed by atoms with E-state index in [1.165, 1.54) is 0 Å². The molecule has 104 valence electrons. The number of benzene rings is 2. The number of para-hydroxylation sites is 1. The minimum absolute atomic E-state index is 0.0953. The van der Waals surface area contributed by atoms with E-state index in [1.807, 2.05) is 42.5 Å². The van der Waals surface area contributed by atoms with Gasteiger partial charge in [-0.05, 0) is 24.3 Å². The number of hydrogen-bond donors (Lipinski definition) is 2. The monoisotopic (exact) mass is 290 g/mol. The maximum atomic E-state index is 11.5. The second-order valence-electron chi connectivity index (χ2n) is 4.08. The molecule has 2 aromatic carbocycles. The highest BCUT2D eigenvalue weighted by Crippen LogP contribution is 2.29.